The quantitative estimate of drug-likeness (QED) is 0.799. The molecule has 76 valence electrons. The van der Waals surface area contributed by atoms with Crippen molar-refractivity contribution in [3.63, 3.8) is 0 Å². The molecule has 0 saturated carbocycles. The molecule has 2 aromatic rings. The Morgan fingerprint density at radius 2 is 2.20 bits per heavy atom. The second-order valence-electron chi connectivity index (χ2n) is 2.98. The van der Waals surface area contributed by atoms with Gasteiger partial charge in [0.2, 0.25) is 0 Å². The van der Waals surface area contributed by atoms with Gasteiger partial charge in [-0.25, -0.2) is 0 Å². The van der Waals surface area contributed by atoms with Gasteiger partial charge in [-0.05, 0) is 18.2 Å². The Bertz CT molecular complexity index is 507. The molecule has 0 unspecified atom stereocenters. The third-order valence-corrected chi connectivity index (χ3v) is 2.17. The van der Waals surface area contributed by atoms with Crippen LogP contribution in [0.5, 0.6) is 0 Å². The van der Waals surface area contributed by atoms with Crippen LogP contribution in [0.25, 0.3) is 0 Å². The molecule has 0 radical (unpaired) electrons. The highest BCUT2D eigenvalue weighted by atomic mass is 35.5. The Morgan fingerprint density at radius 3 is 2.80 bits per heavy atom. The van der Waals surface area contributed by atoms with Gasteiger partial charge in [0.25, 0.3) is 5.91 Å². The molecule has 15 heavy (non-hydrogen) atoms. The molecule has 1 heterocycles. The molecule has 0 aliphatic rings. The smallest absolute Gasteiger partial charge is 0.280 e. The van der Waals surface area contributed by atoms with Crippen LogP contribution in [-0.4, -0.2) is 15.7 Å². The molecule has 0 saturated heterocycles. The zero-order valence-electron chi connectivity index (χ0n) is 7.72. The van der Waals surface area contributed by atoms with Crippen molar-refractivity contribution in [1.82, 2.24) is 9.78 Å². The van der Waals surface area contributed by atoms with Gasteiger partial charge < -0.3 is 5.73 Å². The maximum absolute atomic E-state index is 11.8. The van der Waals surface area contributed by atoms with Gasteiger partial charge in [-0.15, -0.1) is 0 Å². The number of benzene rings is 1. The zero-order valence-corrected chi connectivity index (χ0v) is 8.48. The van der Waals surface area contributed by atoms with E-state index in [1.165, 1.54) is 6.20 Å². The molecule has 0 amide bonds. The summed E-state index contributed by atoms with van der Waals surface area (Å²) in [4.78, 5) is 11.8. The molecule has 1 aromatic heterocycles. The van der Waals surface area contributed by atoms with Crippen LogP contribution >= 0.6 is 11.6 Å². The van der Waals surface area contributed by atoms with Gasteiger partial charge >= 0.3 is 0 Å². The number of nitrogens with zero attached hydrogens (tertiary/aromatic N) is 2. The summed E-state index contributed by atoms with van der Waals surface area (Å²) in [5.41, 5.74) is 6.02. The van der Waals surface area contributed by atoms with Crippen molar-refractivity contribution in [2.45, 2.75) is 0 Å². The lowest BCUT2D eigenvalue weighted by atomic mass is 10.2. The first-order valence-electron chi connectivity index (χ1n) is 4.28. The van der Waals surface area contributed by atoms with E-state index in [-0.39, 0.29) is 5.91 Å². The van der Waals surface area contributed by atoms with Crippen molar-refractivity contribution in [3.05, 3.63) is 47.1 Å². The van der Waals surface area contributed by atoms with Crippen molar-refractivity contribution in [1.29, 1.82) is 0 Å². The molecule has 2 rings (SSSR count). The van der Waals surface area contributed by atoms with Crippen LogP contribution in [0.15, 0.2) is 36.5 Å². The van der Waals surface area contributed by atoms with Crippen LogP contribution in [0.4, 0.5) is 5.82 Å². The Morgan fingerprint density at radius 1 is 1.40 bits per heavy atom. The van der Waals surface area contributed by atoms with Gasteiger partial charge in [-0.3, -0.25) is 4.79 Å². The zero-order chi connectivity index (χ0) is 10.8. The minimum atomic E-state index is -0.292. The number of halogens is 1. The van der Waals surface area contributed by atoms with E-state index >= 15 is 0 Å². The number of carbonyl (C=O) groups excluding carboxylic acids is 1. The van der Waals surface area contributed by atoms with E-state index in [9.17, 15) is 4.79 Å². The first kappa shape index (κ1) is 9.73. The summed E-state index contributed by atoms with van der Waals surface area (Å²) >= 11 is 5.78. The molecule has 0 fully saturated rings. The largest absolute Gasteiger partial charge is 0.383 e. The second kappa shape index (κ2) is 3.74. The fourth-order valence-electron chi connectivity index (χ4n) is 1.23. The van der Waals surface area contributed by atoms with Gasteiger partial charge in [-0.1, -0.05) is 17.7 Å². The van der Waals surface area contributed by atoms with Gasteiger partial charge in [0.1, 0.15) is 5.82 Å². The van der Waals surface area contributed by atoms with Gasteiger partial charge in [0.05, 0.1) is 6.20 Å². The molecular formula is C10H8ClN3O. The lowest BCUT2D eigenvalue weighted by molar-refractivity contribution is 0.0948. The number of hydrogen-bond donors (Lipinski definition) is 1. The first-order valence-corrected chi connectivity index (χ1v) is 4.66. The van der Waals surface area contributed by atoms with E-state index < -0.39 is 0 Å². The third kappa shape index (κ3) is 1.85. The number of anilines is 1. The summed E-state index contributed by atoms with van der Waals surface area (Å²) in [5, 5.41) is 4.33. The van der Waals surface area contributed by atoms with Crippen molar-refractivity contribution in [3.8, 4) is 0 Å². The van der Waals surface area contributed by atoms with Crippen molar-refractivity contribution < 1.29 is 4.79 Å². The highest BCUT2D eigenvalue weighted by Gasteiger charge is 2.11. The molecule has 4 nitrogen and oxygen atoms in total. The lowest BCUT2D eigenvalue weighted by Crippen LogP contribution is -2.15. The summed E-state index contributed by atoms with van der Waals surface area (Å²) in [5.74, 6) is 0.0139. The normalized spacial score (nSPS) is 10.2. The molecule has 0 aliphatic heterocycles. The van der Waals surface area contributed by atoms with Crippen molar-refractivity contribution in [2.24, 2.45) is 0 Å². The predicted octanol–water partition coefficient (Wildman–Crippen LogP) is 1.81. The van der Waals surface area contributed by atoms with Crippen LogP contribution < -0.4 is 5.73 Å². The number of nitrogen functional groups attached to an aromatic ring is 1. The summed E-state index contributed by atoms with van der Waals surface area (Å²) < 4.78 is 1.13. The standard InChI is InChI=1S/C10H8ClN3O/c11-8-3-1-2-7(6-8)10(15)14-9(12)4-5-13-14/h1-6H,12H2. The molecule has 2 N–H and O–H groups in total. The maximum Gasteiger partial charge on any atom is 0.280 e. The SMILES string of the molecule is Nc1ccnn1C(=O)c1cccc(Cl)c1. The van der Waals surface area contributed by atoms with Gasteiger partial charge in [0, 0.05) is 16.7 Å². The minimum Gasteiger partial charge on any atom is -0.383 e. The predicted molar refractivity (Wildman–Crippen MR) is 57.8 cm³/mol. The van der Waals surface area contributed by atoms with Crippen LogP contribution in [0.1, 0.15) is 10.4 Å². The minimum absolute atomic E-state index is 0.292. The highest BCUT2D eigenvalue weighted by Crippen LogP contribution is 2.13. The Labute approximate surface area is 91.3 Å². The Balaban J connectivity index is 2.41. The average molecular weight is 222 g/mol. The second-order valence-corrected chi connectivity index (χ2v) is 3.42. The molecule has 0 spiro atoms. The van der Waals surface area contributed by atoms with Gasteiger partial charge in [0.15, 0.2) is 0 Å². The van der Waals surface area contributed by atoms with E-state index in [1.807, 2.05) is 0 Å². The number of carbonyl (C=O) groups is 1. The van der Waals surface area contributed by atoms with Crippen molar-refractivity contribution in [2.75, 3.05) is 5.73 Å². The van der Waals surface area contributed by atoms with Crippen LogP contribution in [0, 0.1) is 0 Å². The Hall–Kier alpha value is -1.81. The Kier molecular flexibility index (Phi) is 2.43. The van der Waals surface area contributed by atoms with Crippen LogP contribution in [0.3, 0.4) is 0 Å². The van der Waals surface area contributed by atoms with Crippen molar-refractivity contribution >= 4 is 23.3 Å². The summed E-state index contributed by atoms with van der Waals surface area (Å²) in [6.45, 7) is 0. The van der Waals surface area contributed by atoms with Crippen LogP contribution in [-0.2, 0) is 0 Å². The average Bonchev–Trinajstić information content (AvgIpc) is 2.63. The molecule has 1 aromatic carbocycles. The molecule has 5 heteroatoms. The van der Waals surface area contributed by atoms with Gasteiger partial charge in [-0.2, -0.15) is 9.78 Å². The lowest BCUT2D eigenvalue weighted by Gasteiger charge is -2.02. The summed E-state index contributed by atoms with van der Waals surface area (Å²) in [6, 6.07) is 8.20. The van der Waals surface area contributed by atoms with E-state index in [2.05, 4.69) is 5.10 Å². The molecule has 0 aliphatic carbocycles. The monoisotopic (exact) mass is 221 g/mol. The fraction of sp³-hybridized carbons (Fsp3) is 0. The molecule has 0 bridgehead atoms. The topological polar surface area (TPSA) is 60.9 Å². The summed E-state index contributed by atoms with van der Waals surface area (Å²) in [7, 11) is 0. The van der Waals surface area contributed by atoms with E-state index in [0.717, 1.165) is 4.68 Å². The fourth-order valence-corrected chi connectivity index (χ4v) is 1.42. The molecular weight excluding hydrogens is 214 g/mol. The summed E-state index contributed by atoms with van der Waals surface area (Å²) in [6.07, 6.45) is 1.47. The third-order valence-electron chi connectivity index (χ3n) is 1.94. The van der Waals surface area contributed by atoms with E-state index in [1.54, 1.807) is 30.3 Å². The maximum atomic E-state index is 11.8. The van der Waals surface area contributed by atoms with E-state index in [0.29, 0.717) is 16.4 Å². The first-order chi connectivity index (χ1) is 7.18. The molecule has 0 atom stereocenters. The number of nitrogens with two attached hydrogens (primary N) is 1. The number of rotatable bonds is 1. The highest BCUT2D eigenvalue weighted by molar-refractivity contribution is 6.31. The number of aromatic nitrogens is 2. The van der Waals surface area contributed by atoms with Crippen LogP contribution in [0.2, 0.25) is 5.02 Å². The number of hydrogen-bond acceptors (Lipinski definition) is 3. The van der Waals surface area contributed by atoms with E-state index in [4.69, 9.17) is 17.3 Å².